The first-order valence-electron chi connectivity index (χ1n) is 10.1. The number of amides is 1. The van der Waals surface area contributed by atoms with Crippen molar-refractivity contribution in [1.29, 1.82) is 0 Å². The van der Waals surface area contributed by atoms with Crippen LogP contribution in [0.25, 0.3) is 16.6 Å². The van der Waals surface area contributed by atoms with Crippen molar-refractivity contribution >= 4 is 45.7 Å². The van der Waals surface area contributed by atoms with Crippen molar-refractivity contribution in [2.75, 3.05) is 11.1 Å². The molecule has 0 radical (unpaired) electrons. The molecule has 0 saturated carbocycles. The Morgan fingerprint density at radius 2 is 1.74 bits per heavy atom. The van der Waals surface area contributed by atoms with Gasteiger partial charge in [-0.1, -0.05) is 23.4 Å². The van der Waals surface area contributed by atoms with Gasteiger partial charge in [0.1, 0.15) is 0 Å². The predicted molar refractivity (Wildman–Crippen MR) is 125 cm³/mol. The molecule has 7 heteroatoms. The summed E-state index contributed by atoms with van der Waals surface area (Å²) in [6.45, 7) is 7.82. The number of fused-ring (bicyclic) bond motifs is 3. The van der Waals surface area contributed by atoms with Gasteiger partial charge >= 0.3 is 0 Å². The van der Waals surface area contributed by atoms with E-state index < -0.39 is 0 Å². The van der Waals surface area contributed by atoms with Crippen LogP contribution in [0.5, 0.6) is 0 Å². The van der Waals surface area contributed by atoms with Gasteiger partial charge in [0.15, 0.2) is 16.6 Å². The Hall–Kier alpha value is -3.19. The van der Waals surface area contributed by atoms with Gasteiger partial charge in [0.05, 0.1) is 5.52 Å². The fourth-order valence-electron chi connectivity index (χ4n) is 3.75. The van der Waals surface area contributed by atoms with E-state index in [1.165, 1.54) is 40.8 Å². The summed E-state index contributed by atoms with van der Waals surface area (Å²) < 4.78 is 2.08. The number of aromatic nitrogens is 3. The number of hydrogen-bond acceptors (Lipinski definition) is 5. The van der Waals surface area contributed by atoms with Gasteiger partial charge in [-0.15, -0.1) is 10.2 Å². The molecule has 2 aromatic carbocycles. The van der Waals surface area contributed by atoms with E-state index in [4.69, 9.17) is 0 Å². The van der Waals surface area contributed by atoms with E-state index in [-0.39, 0.29) is 11.7 Å². The second-order valence-electron chi connectivity index (χ2n) is 7.76. The minimum absolute atomic E-state index is 0.00271. The molecule has 0 unspecified atom stereocenters. The van der Waals surface area contributed by atoms with Gasteiger partial charge in [-0.05, 0) is 75.2 Å². The van der Waals surface area contributed by atoms with Crippen molar-refractivity contribution in [1.82, 2.24) is 14.6 Å². The van der Waals surface area contributed by atoms with Crippen LogP contribution in [0.15, 0.2) is 47.6 Å². The first-order valence-corrected chi connectivity index (χ1v) is 11.1. The topological polar surface area (TPSA) is 76.4 Å². The minimum atomic E-state index is -0.0793. The smallest absolute Gasteiger partial charge is 0.225 e. The largest absolute Gasteiger partial charge is 0.326 e. The van der Waals surface area contributed by atoms with E-state index in [1.807, 2.05) is 0 Å². The molecule has 0 aliphatic carbocycles. The van der Waals surface area contributed by atoms with E-state index in [0.717, 1.165) is 16.3 Å². The first kappa shape index (κ1) is 21.1. The molecule has 0 bridgehead atoms. The Kier molecular flexibility index (Phi) is 5.78. The molecule has 4 rings (SSSR count). The molecule has 158 valence electrons. The average Bonchev–Trinajstić information content (AvgIpc) is 3.10. The van der Waals surface area contributed by atoms with Crippen LogP contribution in [0.2, 0.25) is 0 Å². The second-order valence-corrected chi connectivity index (χ2v) is 8.82. The molecule has 0 aliphatic heterocycles. The standard InChI is InChI=1S/C24H24N4O2S/c1-14-11-16(3)23-20(12-14)15(2)13-21-26-27-24(28(21)23)31-10-9-22(30)25-19-7-5-18(6-8-19)17(4)29/h5-8,11-13H,9-10H2,1-4H3,(H,25,30). The Morgan fingerprint density at radius 3 is 2.45 bits per heavy atom. The van der Waals surface area contributed by atoms with Crippen LogP contribution in [0, 0.1) is 20.8 Å². The number of rotatable bonds is 6. The fourth-order valence-corrected chi connectivity index (χ4v) is 4.64. The number of thioether (sulfide) groups is 1. The number of carbonyl (C=O) groups excluding carboxylic acids is 2. The van der Waals surface area contributed by atoms with Gasteiger partial charge in [0.2, 0.25) is 5.91 Å². The molecule has 0 spiro atoms. The monoisotopic (exact) mass is 432 g/mol. The number of benzene rings is 2. The third-order valence-corrected chi connectivity index (χ3v) is 6.16. The average molecular weight is 433 g/mol. The summed E-state index contributed by atoms with van der Waals surface area (Å²) in [7, 11) is 0. The van der Waals surface area contributed by atoms with Crippen LogP contribution in [-0.2, 0) is 4.79 Å². The maximum Gasteiger partial charge on any atom is 0.225 e. The zero-order chi connectivity index (χ0) is 22.1. The lowest BCUT2D eigenvalue weighted by molar-refractivity contribution is -0.115. The van der Waals surface area contributed by atoms with E-state index in [9.17, 15) is 9.59 Å². The van der Waals surface area contributed by atoms with Crippen LogP contribution in [0.4, 0.5) is 5.69 Å². The number of nitrogens with one attached hydrogen (secondary N) is 1. The van der Waals surface area contributed by atoms with Gasteiger partial charge in [-0.3, -0.25) is 14.0 Å². The van der Waals surface area contributed by atoms with Crippen molar-refractivity contribution in [3.05, 3.63) is 64.7 Å². The summed E-state index contributed by atoms with van der Waals surface area (Å²) >= 11 is 1.52. The molecule has 1 amide bonds. The molecular weight excluding hydrogens is 408 g/mol. The quantitative estimate of drug-likeness (QED) is 0.338. The van der Waals surface area contributed by atoms with Gasteiger partial charge in [0, 0.05) is 28.8 Å². The highest BCUT2D eigenvalue weighted by Gasteiger charge is 2.14. The summed E-state index contributed by atoms with van der Waals surface area (Å²) in [6, 6.07) is 13.3. The Bertz CT molecular complexity index is 1310. The second kappa shape index (κ2) is 8.51. The maximum absolute atomic E-state index is 12.3. The Balaban J connectivity index is 1.49. The van der Waals surface area contributed by atoms with E-state index in [1.54, 1.807) is 24.3 Å². The summed E-state index contributed by atoms with van der Waals surface area (Å²) in [6.07, 6.45) is 0.343. The zero-order valence-electron chi connectivity index (χ0n) is 18.0. The highest BCUT2D eigenvalue weighted by atomic mass is 32.2. The molecule has 4 aromatic rings. The molecule has 0 atom stereocenters. The molecular formula is C24H24N4O2S. The summed E-state index contributed by atoms with van der Waals surface area (Å²) in [5.41, 5.74) is 6.81. The molecule has 0 saturated heterocycles. The number of ketones is 1. The summed E-state index contributed by atoms with van der Waals surface area (Å²) in [5, 5.41) is 13.6. The molecule has 0 aliphatic rings. The number of Topliss-reactive ketones (excluding diaryl/α,β-unsaturated/α-hetero) is 1. The van der Waals surface area contributed by atoms with Crippen LogP contribution < -0.4 is 5.32 Å². The summed E-state index contributed by atoms with van der Waals surface area (Å²) in [5.74, 6) is 0.505. The van der Waals surface area contributed by atoms with E-state index >= 15 is 0 Å². The van der Waals surface area contributed by atoms with Crippen molar-refractivity contribution in [3.63, 3.8) is 0 Å². The van der Waals surface area contributed by atoms with Crippen molar-refractivity contribution < 1.29 is 9.59 Å². The Labute approximate surface area is 185 Å². The third-order valence-electron chi connectivity index (χ3n) is 5.23. The van der Waals surface area contributed by atoms with Gasteiger partial charge < -0.3 is 5.32 Å². The van der Waals surface area contributed by atoms with E-state index in [0.29, 0.717) is 23.4 Å². The van der Waals surface area contributed by atoms with E-state index in [2.05, 4.69) is 58.9 Å². The van der Waals surface area contributed by atoms with Crippen LogP contribution in [0.1, 0.15) is 40.4 Å². The molecule has 2 aromatic heterocycles. The highest BCUT2D eigenvalue weighted by molar-refractivity contribution is 7.99. The lowest BCUT2D eigenvalue weighted by Crippen LogP contribution is -2.12. The number of nitrogens with zero attached hydrogens (tertiary/aromatic N) is 3. The highest BCUT2D eigenvalue weighted by Crippen LogP contribution is 2.29. The van der Waals surface area contributed by atoms with Gasteiger partial charge in [-0.25, -0.2) is 0 Å². The van der Waals surface area contributed by atoms with Crippen LogP contribution in [-0.4, -0.2) is 32.0 Å². The van der Waals surface area contributed by atoms with Gasteiger partial charge in [0.25, 0.3) is 0 Å². The van der Waals surface area contributed by atoms with Crippen molar-refractivity contribution in [3.8, 4) is 0 Å². The lowest BCUT2D eigenvalue weighted by Gasteiger charge is -2.11. The molecule has 31 heavy (non-hydrogen) atoms. The number of aryl methyl sites for hydroxylation is 3. The van der Waals surface area contributed by atoms with Gasteiger partial charge in [-0.2, -0.15) is 0 Å². The normalized spacial score (nSPS) is 11.2. The predicted octanol–water partition coefficient (Wildman–Crippen LogP) is 5.13. The lowest BCUT2D eigenvalue weighted by atomic mass is 10.0. The Morgan fingerprint density at radius 1 is 1.00 bits per heavy atom. The SMILES string of the molecule is CC(=O)c1ccc(NC(=O)CCSc2nnc3cc(C)c4cc(C)cc(C)c4n23)cc1. The van der Waals surface area contributed by atoms with Crippen molar-refractivity contribution in [2.24, 2.45) is 0 Å². The molecule has 1 N–H and O–H groups in total. The van der Waals surface area contributed by atoms with Crippen LogP contribution in [0.3, 0.4) is 0 Å². The fraction of sp³-hybridized carbons (Fsp3) is 0.250. The number of carbonyl (C=O) groups is 2. The number of pyridine rings is 1. The number of anilines is 1. The zero-order valence-corrected chi connectivity index (χ0v) is 18.8. The van der Waals surface area contributed by atoms with Crippen molar-refractivity contribution in [2.45, 2.75) is 39.3 Å². The van der Waals surface area contributed by atoms with Crippen LogP contribution >= 0.6 is 11.8 Å². The first-order chi connectivity index (χ1) is 14.8. The minimum Gasteiger partial charge on any atom is -0.326 e. The molecule has 6 nitrogen and oxygen atoms in total. The number of hydrogen-bond donors (Lipinski definition) is 1. The molecule has 0 fully saturated rings. The third kappa shape index (κ3) is 4.32. The maximum atomic E-state index is 12.3. The summed E-state index contributed by atoms with van der Waals surface area (Å²) in [4.78, 5) is 23.7. The molecule has 2 heterocycles.